The van der Waals surface area contributed by atoms with Gasteiger partial charge in [0.2, 0.25) is 0 Å². The Balaban J connectivity index is 2.94. The largest absolute Gasteiger partial charge is 0.384 e. The van der Waals surface area contributed by atoms with Gasteiger partial charge >= 0.3 is 0 Å². The fourth-order valence-corrected chi connectivity index (χ4v) is 1.46. The van der Waals surface area contributed by atoms with Crippen molar-refractivity contribution < 1.29 is 4.79 Å². The van der Waals surface area contributed by atoms with Crippen molar-refractivity contribution in [1.29, 1.82) is 5.26 Å². The van der Waals surface area contributed by atoms with E-state index < -0.39 is 5.91 Å². The number of halogens is 1. The number of nitriles is 1. The topological polar surface area (TPSA) is 90.9 Å². The van der Waals surface area contributed by atoms with E-state index in [1.54, 1.807) is 37.3 Å². The molecule has 1 aromatic rings. The average Bonchev–Trinajstić information content (AvgIpc) is 2.30. The van der Waals surface area contributed by atoms with Crippen molar-refractivity contribution in [2.24, 2.45) is 5.73 Å². The molecular formula is C12H13ClN4O. The number of nitrogens with one attached hydrogen (secondary N) is 2. The standard InChI is InChI=1S/C12H13ClN4O/c1-2-16-12(18)10(7-14)11(15)17-9-5-3-4-8(13)6-9/h3-6,17H,2,15H2,1H3,(H,16,18). The van der Waals surface area contributed by atoms with Gasteiger partial charge in [0, 0.05) is 17.3 Å². The molecule has 0 unspecified atom stereocenters. The Bertz CT molecular complexity index is 519. The van der Waals surface area contributed by atoms with Gasteiger partial charge in [-0.2, -0.15) is 5.26 Å². The second-order valence-corrected chi connectivity index (χ2v) is 3.83. The zero-order chi connectivity index (χ0) is 13.5. The molecule has 0 spiro atoms. The maximum atomic E-state index is 11.5. The van der Waals surface area contributed by atoms with E-state index in [1.807, 2.05) is 0 Å². The molecule has 0 saturated heterocycles. The molecule has 1 aromatic carbocycles. The minimum atomic E-state index is -0.507. The van der Waals surface area contributed by atoms with Crippen LogP contribution >= 0.6 is 11.6 Å². The van der Waals surface area contributed by atoms with Gasteiger partial charge in [0.15, 0.2) is 5.57 Å². The summed E-state index contributed by atoms with van der Waals surface area (Å²) in [5.74, 6) is -0.516. The summed E-state index contributed by atoms with van der Waals surface area (Å²) in [6, 6.07) is 8.58. The third kappa shape index (κ3) is 3.68. The summed E-state index contributed by atoms with van der Waals surface area (Å²) >= 11 is 5.81. The van der Waals surface area contributed by atoms with Gasteiger partial charge in [0.1, 0.15) is 11.9 Å². The first-order chi connectivity index (χ1) is 8.58. The van der Waals surface area contributed by atoms with Crippen LogP contribution in [-0.4, -0.2) is 12.5 Å². The van der Waals surface area contributed by atoms with Crippen molar-refractivity contribution in [2.75, 3.05) is 11.9 Å². The summed E-state index contributed by atoms with van der Waals surface area (Å²) in [6.07, 6.45) is 0. The highest BCUT2D eigenvalue weighted by atomic mass is 35.5. The van der Waals surface area contributed by atoms with E-state index in [2.05, 4.69) is 10.6 Å². The fourth-order valence-electron chi connectivity index (χ4n) is 1.27. The smallest absolute Gasteiger partial charge is 0.265 e. The summed E-state index contributed by atoms with van der Waals surface area (Å²) in [6.45, 7) is 2.18. The molecule has 0 saturated carbocycles. The maximum Gasteiger partial charge on any atom is 0.265 e. The normalized spacial score (nSPS) is 11.2. The predicted molar refractivity (Wildman–Crippen MR) is 70.6 cm³/mol. The Labute approximate surface area is 110 Å². The van der Waals surface area contributed by atoms with Crippen molar-refractivity contribution in [2.45, 2.75) is 6.92 Å². The first-order valence-corrected chi connectivity index (χ1v) is 5.67. The zero-order valence-electron chi connectivity index (χ0n) is 9.83. The number of nitrogens with two attached hydrogens (primary N) is 1. The SMILES string of the molecule is CCNC(=O)C(C#N)=C(N)Nc1cccc(Cl)c1. The lowest BCUT2D eigenvalue weighted by molar-refractivity contribution is -0.117. The predicted octanol–water partition coefficient (Wildman–Crippen LogP) is 1.58. The average molecular weight is 265 g/mol. The minimum Gasteiger partial charge on any atom is -0.384 e. The molecule has 18 heavy (non-hydrogen) atoms. The van der Waals surface area contributed by atoms with Crippen LogP contribution in [0.2, 0.25) is 5.02 Å². The van der Waals surface area contributed by atoms with Crippen molar-refractivity contribution in [3.63, 3.8) is 0 Å². The van der Waals surface area contributed by atoms with Gasteiger partial charge in [-0.25, -0.2) is 0 Å². The van der Waals surface area contributed by atoms with Crippen LogP contribution in [0.25, 0.3) is 0 Å². The lowest BCUT2D eigenvalue weighted by Crippen LogP contribution is -2.28. The Morgan fingerprint density at radius 1 is 1.56 bits per heavy atom. The van der Waals surface area contributed by atoms with E-state index in [1.165, 1.54) is 0 Å². The molecule has 0 aromatic heterocycles. The third-order valence-corrected chi connectivity index (χ3v) is 2.28. The quantitative estimate of drug-likeness (QED) is 0.569. The van der Waals surface area contributed by atoms with Crippen LogP contribution in [0, 0.1) is 11.3 Å². The van der Waals surface area contributed by atoms with Gasteiger partial charge in [-0.1, -0.05) is 17.7 Å². The summed E-state index contributed by atoms with van der Waals surface area (Å²) < 4.78 is 0. The third-order valence-electron chi connectivity index (χ3n) is 2.05. The lowest BCUT2D eigenvalue weighted by Gasteiger charge is -2.09. The number of carbonyl (C=O) groups excluding carboxylic acids is 1. The molecule has 6 heteroatoms. The van der Waals surface area contributed by atoms with Gasteiger partial charge in [0.05, 0.1) is 0 Å². The van der Waals surface area contributed by atoms with Gasteiger partial charge in [-0.15, -0.1) is 0 Å². The van der Waals surface area contributed by atoms with Crippen LogP contribution < -0.4 is 16.4 Å². The molecule has 0 aliphatic carbocycles. The number of carbonyl (C=O) groups is 1. The number of amides is 1. The molecule has 0 radical (unpaired) electrons. The number of hydrogen-bond acceptors (Lipinski definition) is 4. The molecule has 0 aliphatic heterocycles. The van der Waals surface area contributed by atoms with Gasteiger partial charge in [-0.05, 0) is 25.1 Å². The van der Waals surface area contributed by atoms with Crippen molar-refractivity contribution in [3.8, 4) is 6.07 Å². The first-order valence-electron chi connectivity index (χ1n) is 5.29. The molecule has 0 fully saturated rings. The molecule has 0 heterocycles. The van der Waals surface area contributed by atoms with Crippen LogP contribution in [0.15, 0.2) is 35.7 Å². The van der Waals surface area contributed by atoms with E-state index in [9.17, 15) is 4.79 Å². The highest BCUT2D eigenvalue weighted by Crippen LogP contribution is 2.16. The van der Waals surface area contributed by atoms with Crippen LogP contribution in [0.4, 0.5) is 5.69 Å². The summed E-state index contributed by atoms with van der Waals surface area (Å²) in [4.78, 5) is 11.5. The Morgan fingerprint density at radius 2 is 2.28 bits per heavy atom. The fraction of sp³-hybridized carbons (Fsp3) is 0.167. The molecule has 0 aliphatic rings. The van der Waals surface area contributed by atoms with Crippen LogP contribution in [0.1, 0.15) is 6.92 Å². The number of nitrogens with zero attached hydrogens (tertiary/aromatic N) is 1. The number of benzene rings is 1. The Morgan fingerprint density at radius 3 is 2.83 bits per heavy atom. The first kappa shape index (κ1) is 13.9. The molecule has 5 nitrogen and oxygen atoms in total. The number of hydrogen-bond donors (Lipinski definition) is 3. The number of likely N-dealkylation sites (N-methyl/N-ethyl adjacent to an activating group) is 1. The molecular weight excluding hydrogens is 252 g/mol. The molecule has 0 atom stereocenters. The molecule has 1 rings (SSSR count). The van der Waals surface area contributed by atoms with Crippen molar-refractivity contribution in [1.82, 2.24) is 5.32 Å². The summed E-state index contributed by atoms with van der Waals surface area (Å²) in [5.41, 5.74) is 6.14. The van der Waals surface area contributed by atoms with E-state index in [4.69, 9.17) is 22.6 Å². The van der Waals surface area contributed by atoms with Crippen LogP contribution in [0.3, 0.4) is 0 Å². The second kappa shape index (κ2) is 6.52. The molecule has 1 amide bonds. The zero-order valence-corrected chi connectivity index (χ0v) is 10.6. The molecule has 94 valence electrons. The molecule has 0 bridgehead atoms. The van der Waals surface area contributed by atoms with Crippen molar-refractivity contribution >= 4 is 23.2 Å². The van der Waals surface area contributed by atoms with Crippen LogP contribution in [0.5, 0.6) is 0 Å². The highest BCUT2D eigenvalue weighted by Gasteiger charge is 2.12. The van der Waals surface area contributed by atoms with Crippen molar-refractivity contribution in [3.05, 3.63) is 40.7 Å². The Kier molecular flexibility index (Phi) is 5.03. The lowest BCUT2D eigenvalue weighted by atomic mass is 10.2. The van der Waals surface area contributed by atoms with Crippen LogP contribution in [-0.2, 0) is 4.79 Å². The van der Waals surface area contributed by atoms with Gasteiger partial charge < -0.3 is 16.4 Å². The van der Waals surface area contributed by atoms with Gasteiger partial charge in [-0.3, -0.25) is 4.79 Å². The summed E-state index contributed by atoms with van der Waals surface area (Å²) in [5, 5.41) is 14.7. The number of rotatable bonds is 4. The molecule has 4 N–H and O–H groups in total. The van der Waals surface area contributed by atoms with E-state index in [0.29, 0.717) is 17.3 Å². The van der Waals surface area contributed by atoms with E-state index in [-0.39, 0.29) is 11.4 Å². The monoisotopic (exact) mass is 264 g/mol. The second-order valence-electron chi connectivity index (χ2n) is 3.40. The summed E-state index contributed by atoms with van der Waals surface area (Å²) in [7, 11) is 0. The minimum absolute atomic E-state index is 0.00860. The number of anilines is 1. The Hall–Kier alpha value is -2.19. The van der Waals surface area contributed by atoms with Gasteiger partial charge in [0.25, 0.3) is 5.91 Å². The highest BCUT2D eigenvalue weighted by molar-refractivity contribution is 6.30. The maximum absolute atomic E-state index is 11.5. The van der Waals surface area contributed by atoms with E-state index in [0.717, 1.165) is 0 Å². The van der Waals surface area contributed by atoms with E-state index >= 15 is 0 Å².